The number of carbonyl (C=O) groups is 2. The van der Waals surface area contributed by atoms with Crippen molar-refractivity contribution in [2.45, 2.75) is 56.4 Å². The fourth-order valence-corrected chi connectivity index (χ4v) is 4.20. The van der Waals surface area contributed by atoms with Gasteiger partial charge in [-0.3, -0.25) is 9.59 Å². The number of rotatable bonds is 5. The zero-order chi connectivity index (χ0) is 19.1. The van der Waals surface area contributed by atoms with Crippen molar-refractivity contribution in [1.82, 2.24) is 16.0 Å². The standard InChI is InChI=1S/C21H28N4O2/c22-12-15-24-20(27)21(10-2-1-3-11-21)25-19(26)18-6-4-16(5-7-18)17-8-13-23-14-9-17/h4-7,17,23H,1-3,8-11,13-15H2,(H,24,27)(H,25,26). The van der Waals surface area contributed by atoms with Gasteiger partial charge in [-0.2, -0.15) is 5.26 Å². The first kappa shape index (κ1) is 19.4. The lowest BCUT2D eigenvalue weighted by molar-refractivity contribution is -0.128. The second-order valence-electron chi connectivity index (χ2n) is 7.58. The van der Waals surface area contributed by atoms with E-state index in [1.165, 1.54) is 5.56 Å². The largest absolute Gasteiger partial charge is 0.341 e. The summed E-state index contributed by atoms with van der Waals surface area (Å²) in [5.41, 5.74) is 0.942. The Morgan fingerprint density at radius 3 is 2.41 bits per heavy atom. The summed E-state index contributed by atoms with van der Waals surface area (Å²) in [6.45, 7) is 2.03. The Labute approximate surface area is 160 Å². The van der Waals surface area contributed by atoms with E-state index >= 15 is 0 Å². The molecule has 1 saturated heterocycles. The first-order valence-corrected chi connectivity index (χ1v) is 9.93. The maximum atomic E-state index is 12.8. The molecule has 0 spiro atoms. The molecule has 144 valence electrons. The molecule has 2 fully saturated rings. The van der Waals surface area contributed by atoms with Crippen LogP contribution in [0.1, 0.15) is 66.8 Å². The second kappa shape index (κ2) is 9.01. The highest BCUT2D eigenvalue weighted by Crippen LogP contribution is 2.29. The second-order valence-corrected chi connectivity index (χ2v) is 7.58. The summed E-state index contributed by atoms with van der Waals surface area (Å²) in [5.74, 6) is 0.0779. The maximum absolute atomic E-state index is 12.8. The molecular weight excluding hydrogens is 340 g/mol. The average Bonchev–Trinajstić information content (AvgIpc) is 2.73. The number of hydrogen-bond acceptors (Lipinski definition) is 4. The van der Waals surface area contributed by atoms with Crippen molar-refractivity contribution in [3.05, 3.63) is 35.4 Å². The minimum atomic E-state index is -0.903. The number of nitrogens with one attached hydrogen (secondary N) is 3. The number of benzene rings is 1. The van der Waals surface area contributed by atoms with Crippen molar-refractivity contribution in [1.29, 1.82) is 5.26 Å². The molecule has 1 aliphatic heterocycles. The topological polar surface area (TPSA) is 94.0 Å². The number of piperidine rings is 1. The van der Waals surface area contributed by atoms with E-state index in [0.717, 1.165) is 45.2 Å². The summed E-state index contributed by atoms with van der Waals surface area (Å²) in [7, 11) is 0. The maximum Gasteiger partial charge on any atom is 0.252 e. The van der Waals surface area contributed by atoms with Crippen molar-refractivity contribution >= 4 is 11.8 Å². The fraction of sp³-hybridized carbons (Fsp3) is 0.571. The summed E-state index contributed by atoms with van der Waals surface area (Å²) >= 11 is 0. The molecule has 2 amide bonds. The molecule has 0 bridgehead atoms. The van der Waals surface area contributed by atoms with Crippen LogP contribution < -0.4 is 16.0 Å². The third-order valence-corrected chi connectivity index (χ3v) is 5.81. The fourth-order valence-electron chi connectivity index (χ4n) is 4.20. The van der Waals surface area contributed by atoms with Gasteiger partial charge in [0, 0.05) is 5.56 Å². The first-order valence-electron chi connectivity index (χ1n) is 9.93. The monoisotopic (exact) mass is 368 g/mol. The van der Waals surface area contributed by atoms with Gasteiger partial charge in [0.2, 0.25) is 5.91 Å². The van der Waals surface area contributed by atoms with E-state index in [9.17, 15) is 9.59 Å². The van der Waals surface area contributed by atoms with Crippen LogP contribution in [0.3, 0.4) is 0 Å². The molecule has 0 aromatic heterocycles. The van der Waals surface area contributed by atoms with E-state index in [1.54, 1.807) is 0 Å². The number of amides is 2. The Morgan fingerprint density at radius 1 is 1.11 bits per heavy atom. The lowest BCUT2D eigenvalue weighted by Gasteiger charge is -2.36. The molecule has 6 heteroatoms. The Hall–Kier alpha value is -2.39. The molecule has 0 atom stereocenters. The summed E-state index contributed by atoms with van der Waals surface area (Å²) < 4.78 is 0. The predicted molar refractivity (Wildman–Crippen MR) is 103 cm³/mol. The number of carbonyl (C=O) groups excluding carboxylic acids is 2. The Morgan fingerprint density at radius 2 is 1.78 bits per heavy atom. The summed E-state index contributed by atoms with van der Waals surface area (Å²) in [4.78, 5) is 25.4. The van der Waals surface area contributed by atoms with Gasteiger partial charge in [-0.05, 0) is 62.4 Å². The van der Waals surface area contributed by atoms with Crippen LogP contribution in [-0.2, 0) is 4.79 Å². The number of nitrogens with zero attached hydrogens (tertiary/aromatic N) is 1. The van der Waals surface area contributed by atoms with Gasteiger partial charge in [-0.1, -0.05) is 31.4 Å². The third-order valence-electron chi connectivity index (χ3n) is 5.81. The van der Waals surface area contributed by atoms with E-state index in [-0.39, 0.29) is 18.4 Å². The minimum Gasteiger partial charge on any atom is -0.341 e. The smallest absolute Gasteiger partial charge is 0.252 e. The first-order chi connectivity index (χ1) is 13.1. The van der Waals surface area contributed by atoms with E-state index in [1.807, 2.05) is 30.3 Å². The normalized spacial score (nSPS) is 19.7. The number of nitriles is 1. The van der Waals surface area contributed by atoms with Gasteiger partial charge in [-0.15, -0.1) is 0 Å². The van der Waals surface area contributed by atoms with Crippen molar-refractivity contribution in [2.24, 2.45) is 0 Å². The van der Waals surface area contributed by atoms with Crippen LogP contribution >= 0.6 is 0 Å². The molecule has 1 aliphatic carbocycles. The van der Waals surface area contributed by atoms with E-state index in [4.69, 9.17) is 5.26 Å². The van der Waals surface area contributed by atoms with Crippen LogP contribution in [0.15, 0.2) is 24.3 Å². The highest BCUT2D eigenvalue weighted by Gasteiger charge is 2.40. The van der Waals surface area contributed by atoms with Crippen molar-refractivity contribution in [3.63, 3.8) is 0 Å². The third kappa shape index (κ3) is 4.67. The highest BCUT2D eigenvalue weighted by molar-refractivity contribution is 5.99. The lowest BCUT2D eigenvalue weighted by Crippen LogP contribution is -2.59. The van der Waals surface area contributed by atoms with Gasteiger partial charge >= 0.3 is 0 Å². The van der Waals surface area contributed by atoms with Crippen LogP contribution in [0.2, 0.25) is 0 Å². The van der Waals surface area contributed by atoms with Gasteiger partial charge in [0.15, 0.2) is 0 Å². The Bertz CT molecular complexity index is 696. The van der Waals surface area contributed by atoms with Crippen molar-refractivity contribution in [3.8, 4) is 6.07 Å². The molecule has 1 aromatic carbocycles. The van der Waals surface area contributed by atoms with E-state index < -0.39 is 5.54 Å². The summed E-state index contributed by atoms with van der Waals surface area (Å²) in [6, 6.07) is 9.72. The molecule has 0 radical (unpaired) electrons. The van der Waals surface area contributed by atoms with Crippen LogP contribution in [0, 0.1) is 11.3 Å². The SMILES string of the molecule is N#CCNC(=O)C1(NC(=O)c2ccc(C3CCNCC3)cc2)CCCCC1. The molecule has 27 heavy (non-hydrogen) atoms. The van der Waals surface area contributed by atoms with Crippen LogP contribution in [0.4, 0.5) is 0 Å². The molecule has 1 aromatic rings. The molecule has 3 rings (SSSR count). The number of hydrogen-bond donors (Lipinski definition) is 3. The quantitative estimate of drug-likeness (QED) is 0.695. The summed E-state index contributed by atoms with van der Waals surface area (Å²) in [5, 5.41) is 17.7. The average molecular weight is 368 g/mol. The van der Waals surface area contributed by atoms with Gasteiger partial charge in [-0.25, -0.2) is 0 Å². The molecule has 1 heterocycles. The van der Waals surface area contributed by atoms with Gasteiger partial charge in [0.1, 0.15) is 12.1 Å². The van der Waals surface area contributed by atoms with Crippen LogP contribution in [0.25, 0.3) is 0 Å². The predicted octanol–water partition coefficient (Wildman–Crippen LogP) is 2.23. The Kier molecular flexibility index (Phi) is 6.46. The van der Waals surface area contributed by atoms with E-state index in [0.29, 0.717) is 24.3 Å². The van der Waals surface area contributed by atoms with Crippen LogP contribution in [-0.4, -0.2) is 37.0 Å². The van der Waals surface area contributed by atoms with Gasteiger partial charge < -0.3 is 16.0 Å². The van der Waals surface area contributed by atoms with Gasteiger partial charge in [0.05, 0.1) is 6.07 Å². The Balaban J connectivity index is 1.69. The van der Waals surface area contributed by atoms with Crippen molar-refractivity contribution < 1.29 is 9.59 Å². The highest BCUT2D eigenvalue weighted by atomic mass is 16.2. The zero-order valence-electron chi connectivity index (χ0n) is 15.7. The van der Waals surface area contributed by atoms with Gasteiger partial charge in [0.25, 0.3) is 5.91 Å². The van der Waals surface area contributed by atoms with Crippen LogP contribution in [0.5, 0.6) is 0 Å². The lowest BCUT2D eigenvalue weighted by atomic mass is 9.80. The molecule has 6 nitrogen and oxygen atoms in total. The molecule has 1 saturated carbocycles. The molecule has 2 aliphatic rings. The minimum absolute atomic E-state index is 0.0403. The van der Waals surface area contributed by atoms with E-state index in [2.05, 4.69) is 16.0 Å². The zero-order valence-corrected chi connectivity index (χ0v) is 15.7. The molecule has 0 unspecified atom stereocenters. The molecular formula is C21H28N4O2. The molecule has 3 N–H and O–H groups in total. The van der Waals surface area contributed by atoms with Crippen molar-refractivity contribution in [2.75, 3.05) is 19.6 Å². The summed E-state index contributed by atoms with van der Waals surface area (Å²) in [6.07, 6.45) is 6.33.